The molecule has 0 amide bonds. The Labute approximate surface area is 186 Å². The average molecular weight is 464 g/mol. The lowest BCUT2D eigenvalue weighted by molar-refractivity contribution is 0.355. The maximum absolute atomic E-state index is 9.81. The van der Waals surface area contributed by atoms with Gasteiger partial charge in [-0.2, -0.15) is 4.98 Å². The summed E-state index contributed by atoms with van der Waals surface area (Å²) in [6, 6.07) is 10.8. The summed E-state index contributed by atoms with van der Waals surface area (Å²) in [7, 11) is 3.33. The molecule has 1 unspecified atom stereocenters. The number of benzene rings is 2. The maximum Gasteiger partial charge on any atom is 0.229 e. The lowest BCUT2D eigenvalue weighted by atomic mass is 10.2. The van der Waals surface area contributed by atoms with E-state index in [-0.39, 0.29) is 0 Å². The van der Waals surface area contributed by atoms with Crippen molar-refractivity contribution in [3.05, 3.63) is 47.6 Å². The zero-order chi connectivity index (χ0) is 22.4. The normalized spacial score (nSPS) is 11.4. The predicted molar refractivity (Wildman–Crippen MR) is 125 cm³/mol. The highest BCUT2D eigenvalue weighted by Crippen LogP contribution is 2.37. The highest BCUT2D eigenvalue weighted by atomic mass is 35.5. The first-order valence-corrected chi connectivity index (χ1v) is 11.2. The smallest absolute Gasteiger partial charge is 0.229 e. The molecule has 0 saturated heterocycles. The maximum atomic E-state index is 9.81. The predicted octanol–water partition coefficient (Wildman–Crippen LogP) is 4.99. The summed E-state index contributed by atoms with van der Waals surface area (Å²) in [6.07, 6.45) is 1.50. The Morgan fingerprint density at radius 2 is 1.71 bits per heavy atom. The number of methoxy groups -OCH3 is 3. The van der Waals surface area contributed by atoms with Crippen molar-refractivity contribution in [3.63, 3.8) is 0 Å². The number of ether oxygens (including phenoxy) is 3. The summed E-state index contributed by atoms with van der Waals surface area (Å²) in [5.74, 6) is 2.57. The van der Waals surface area contributed by atoms with Crippen LogP contribution >= 0.6 is 19.9 Å². The Balaban J connectivity index is 1.87. The van der Waals surface area contributed by atoms with Crippen LogP contribution in [-0.2, 0) is 0 Å². The van der Waals surface area contributed by atoms with Gasteiger partial charge in [-0.3, -0.25) is 0 Å². The van der Waals surface area contributed by atoms with Gasteiger partial charge in [-0.15, -0.1) is 0 Å². The highest BCUT2D eigenvalue weighted by Gasteiger charge is 2.12. The van der Waals surface area contributed by atoms with Crippen LogP contribution in [-0.4, -0.2) is 42.9 Å². The number of aromatic nitrogens is 2. The van der Waals surface area contributed by atoms with Crippen molar-refractivity contribution in [1.82, 2.24) is 9.97 Å². The number of nitrogens with zero attached hydrogens (tertiary/aromatic N) is 2. The van der Waals surface area contributed by atoms with Crippen molar-refractivity contribution in [2.75, 3.05) is 43.7 Å². The van der Waals surface area contributed by atoms with Gasteiger partial charge in [0, 0.05) is 17.8 Å². The average Bonchev–Trinajstić information content (AvgIpc) is 2.76. The minimum Gasteiger partial charge on any atom is -0.497 e. The molecule has 0 saturated carbocycles. The summed E-state index contributed by atoms with van der Waals surface area (Å²) in [5, 5.41) is 9.65. The molecule has 3 rings (SSSR count). The number of hydrogen-bond acceptors (Lipinski definition) is 9. The molecule has 0 radical (unpaired) electrons. The van der Waals surface area contributed by atoms with Gasteiger partial charge in [-0.05, 0) is 30.9 Å². The molecule has 11 heteroatoms. The first kappa shape index (κ1) is 22.7. The molecule has 164 valence electrons. The molecule has 3 aromatic rings. The van der Waals surface area contributed by atoms with Gasteiger partial charge in [-0.1, -0.05) is 11.6 Å². The van der Waals surface area contributed by atoms with Crippen LogP contribution in [0.1, 0.15) is 0 Å². The van der Waals surface area contributed by atoms with E-state index in [0.717, 1.165) is 5.69 Å². The van der Waals surface area contributed by atoms with E-state index < -0.39 is 8.30 Å². The van der Waals surface area contributed by atoms with E-state index in [0.29, 0.717) is 45.4 Å². The summed E-state index contributed by atoms with van der Waals surface area (Å²) in [4.78, 5) is 18.5. The molecule has 0 fully saturated rings. The Hall–Kier alpha value is -3.00. The molecule has 0 bridgehead atoms. The second-order valence-corrected chi connectivity index (χ2v) is 7.93. The largest absolute Gasteiger partial charge is 0.497 e. The molecule has 0 aliphatic heterocycles. The Morgan fingerprint density at radius 1 is 0.935 bits per heavy atom. The minimum absolute atomic E-state index is 0.335. The first-order chi connectivity index (χ1) is 14.9. The molecular weight excluding hydrogens is 441 g/mol. The Morgan fingerprint density at radius 3 is 2.39 bits per heavy atom. The topological polar surface area (TPSA) is 110 Å². The van der Waals surface area contributed by atoms with Crippen molar-refractivity contribution < 1.29 is 19.1 Å². The van der Waals surface area contributed by atoms with Gasteiger partial charge in [0.1, 0.15) is 19.1 Å². The standard InChI is InChI=1S/C20H23ClN5O4P/c1-28-13-6-7-15(16(10-13)26-31(4)27)24-19-14(21)11-22-20(25-19)23-12-5-8-17(29-2)18(9-12)30-3/h5-11,26-27H,1-4H3,(H2,22,23,24,25). The van der Waals surface area contributed by atoms with Gasteiger partial charge < -0.3 is 34.8 Å². The highest BCUT2D eigenvalue weighted by molar-refractivity contribution is 7.52. The van der Waals surface area contributed by atoms with Crippen LogP contribution in [0.5, 0.6) is 17.2 Å². The molecule has 0 aliphatic rings. The van der Waals surface area contributed by atoms with E-state index in [9.17, 15) is 4.89 Å². The van der Waals surface area contributed by atoms with Crippen molar-refractivity contribution in [2.45, 2.75) is 0 Å². The Bertz CT molecular complexity index is 1050. The van der Waals surface area contributed by atoms with Gasteiger partial charge in [0.15, 0.2) is 17.3 Å². The fourth-order valence-electron chi connectivity index (χ4n) is 2.71. The minimum atomic E-state index is -1.39. The molecule has 0 spiro atoms. The fraction of sp³-hybridized carbons (Fsp3) is 0.200. The number of anilines is 5. The first-order valence-electron chi connectivity index (χ1n) is 9.09. The molecule has 2 aromatic carbocycles. The number of nitrogens with one attached hydrogen (secondary N) is 3. The van der Waals surface area contributed by atoms with Gasteiger partial charge in [-0.25, -0.2) is 4.98 Å². The van der Waals surface area contributed by atoms with Crippen molar-refractivity contribution in [3.8, 4) is 17.2 Å². The van der Waals surface area contributed by atoms with Crippen LogP contribution in [0, 0.1) is 0 Å². The number of halogens is 1. The third-order valence-electron chi connectivity index (χ3n) is 4.15. The molecule has 4 N–H and O–H groups in total. The molecular formula is C20H23ClN5O4P. The Kier molecular flexibility index (Phi) is 7.57. The molecule has 1 aromatic heterocycles. The summed E-state index contributed by atoms with van der Waals surface area (Å²) < 4.78 is 15.8. The zero-order valence-corrected chi connectivity index (χ0v) is 19.1. The van der Waals surface area contributed by atoms with Crippen LogP contribution in [0.25, 0.3) is 0 Å². The van der Waals surface area contributed by atoms with E-state index in [1.807, 2.05) is 6.07 Å². The lowest BCUT2D eigenvalue weighted by Crippen LogP contribution is -2.03. The summed E-state index contributed by atoms with van der Waals surface area (Å²) >= 11 is 6.31. The third-order valence-corrected chi connectivity index (χ3v) is 4.99. The van der Waals surface area contributed by atoms with E-state index in [1.165, 1.54) is 6.20 Å². The SMILES string of the molecule is COc1ccc(Nc2nc(Nc3ccc(OC)c(OC)c3)ncc2Cl)c(NP(C)O)c1. The van der Waals surface area contributed by atoms with E-state index in [4.69, 9.17) is 25.8 Å². The monoisotopic (exact) mass is 463 g/mol. The second kappa shape index (κ2) is 10.3. The lowest BCUT2D eigenvalue weighted by Gasteiger charge is -2.17. The van der Waals surface area contributed by atoms with Gasteiger partial charge in [0.25, 0.3) is 0 Å². The van der Waals surface area contributed by atoms with Crippen LogP contribution in [0.2, 0.25) is 5.02 Å². The number of rotatable bonds is 9. The van der Waals surface area contributed by atoms with E-state index in [2.05, 4.69) is 25.7 Å². The van der Waals surface area contributed by atoms with Gasteiger partial charge in [0.2, 0.25) is 5.95 Å². The summed E-state index contributed by atoms with van der Waals surface area (Å²) in [6.45, 7) is 1.68. The summed E-state index contributed by atoms with van der Waals surface area (Å²) in [5.41, 5.74) is 2.04. The van der Waals surface area contributed by atoms with Crippen LogP contribution in [0.15, 0.2) is 42.6 Å². The van der Waals surface area contributed by atoms with E-state index in [1.54, 1.807) is 58.3 Å². The van der Waals surface area contributed by atoms with Crippen molar-refractivity contribution in [1.29, 1.82) is 0 Å². The molecule has 0 aliphatic carbocycles. The zero-order valence-electron chi connectivity index (χ0n) is 17.4. The van der Waals surface area contributed by atoms with E-state index >= 15 is 0 Å². The molecule has 9 nitrogen and oxygen atoms in total. The van der Waals surface area contributed by atoms with Crippen LogP contribution < -0.4 is 29.9 Å². The van der Waals surface area contributed by atoms with Crippen molar-refractivity contribution in [2.24, 2.45) is 0 Å². The van der Waals surface area contributed by atoms with Crippen LogP contribution in [0.3, 0.4) is 0 Å². The molecule has 1 heterocycles. The molecule has 31 heavy (non-hydrogen) atoms. The fourth-order valence-corrected chi connectivity index (χ4v) is 3.38. The quantitative estimate of drug-likeness (QED) is 0.326. The van der Waals surface area contributed by atoms with Gasteiger partial charge >= 0.3 is 0 Å². The second-order valence-electron chi connectivity index (χ2n) is 6.26. The van der Waals surface area contributed by atoms with Crippen LogP contribution in [0.4, 0.5) is 28.8 Å². The molecule has 1 atom stereocenters. The number of hydrogen-bond donors (Lipinski definition) is 4. The van der Waals surface area contributed by atoms with Crippen molar-refractivity contribution >= 4 is 48.7 Å². The third kappa shape index (κ3) is 5.79. The van der Waals surface area contributed by atoms with Gasteiger partial charge in [0.05, 0.1) is 38.9 Å².